The van der Waals surface area contributed by atoms with Crippen LogP contribution >= 0.6 is 22.9 Å². The zero-order valence-corrected chi connectivity index (χ0v) is 23.9. The lowest BCUT2D eigenvalue weighted by atomic mass is 9.93. The van der Waals surface area contributed by atoms with Crippen LogP contribution in [0.5, 0.6) is 11.5 Å². The van der Waals surface area contributed by atoms with Crippen molar-refractivity contribution in [1.29, 1.82) is 0 Å². The van der Waals surface area contributed by atoms with Crippen molar-refractivity contribution in [3.8, 4) is 11.5 Å². The van der Waals surface area contributed by atoms with E-state index in [1.165, 1.54) is 4.90 Å². The Morgan fingerprint density at radius 2 is 1.95 bits per heavy atom. The van der Waals surface area contributed by atoms with Crippen LogP contribution < -0.4 is 9.57 Å². The van der Waals surface area contributed by atoms with E-state index in [0.29, 0.717) is 47.9 Å². The Morgan fingerprint density at radius 3 is 2.62 bits per heavy atom. The second kappa shape index (κ2) is 13.6. The van der Waals surface area contributed by atoms with Gasteiger partial charge in [0.15, 0.2) is 5.75 Å². The van der Waals surface area contributed by atoms with Gasteiger partial charge in [0.25, 0.3) is 0 Å². The minimum absolute atomic E-state index is 0.0227. The summed E-state index contributed by atoms with van der Waals surface area (Å²) in [5.74, 6) is -1.15. The number of methoxy groups -OCH3 is 1. The third-order valence-corrected chi connectivity index (χ3v) is 8.40. The molecule has 4 rings (SSSR count). The molecule has 0 radical (unpaired) electrons. The molecule has 40 heavy (non-hydrogen) atoms. The lowest BCUT2D eigenvalue weighted by molar-refractivity contribution is -0.146. The number of carboxylic acids is 1. The van der Waals surface area contributed by atoms with Crippen molar-refractivity contribution in [1.82, 2.24) is 4.90 Å². The van der Waals surface area contributed by atoms with Gasteiger partial charge < -0.3 is 14.7 Å². The number of oxime groups is 1. The first kappa shape index (κ1) is 29.3. The van der Waals surface area contributed by atoms with E-state index in [2.05, 4.69) is 5.16 Å². The van der Waals surface area contributed by atoms with Crippen LogP contribution in [0.1, 0.15) is 58.6 Å². The van der Waals surface area contributed by atoms with E-state index in [9.17, 15) is 19.5 Å². The molecule has 0 saturated carbocycles. The summed E-state index contributed by atoms with van der Waals surface area (Å²) in [5, 5.41) is 14.2. The maximum atomic E-state index is 13.9. The number of aromatic carboxylic acids is 1. The largest absolute Gasteiger partial charge is 0.496 e. The fraction of sp³-hybridized carbons (Fsp3) is 0.333. The van der Waals surface area contributed by atoms with Crippen LogP contribution in [0.15, 0.2) is 65.8 Å². The zero-order chi connectivity index (χ0) is 28.6. The van der Waals surface area contributed by atoms with Gasteiger partial charge in [0.2, 0.25) is 11.8 Å². The van der Waals surface area contributed by atoms with E-state index >= 15 is 0 Å². The Bertz CT molecular complexity index is 1390. The lowest BCUT2D eigenvalue weighted by Crippen LogP contribution is -2.42. The summed E-state index contributed by atoms with van der Waals surface area (Å²) in [5.41, 5.74) is 1.37. The quantitative estimate of drug-likeness (QED) is 0.276. The Balaban J connectivity index is 1.60. The molecule has 1 N–H and O–H groups in total. The third kappa shape index (κ3) is 7.28. The van der Waals surface area contributed by atoms with Crippen LogP contribution in [0.4, 0.5) is 0 Å². The second-order valence-electron chi connectivity index (χ2n) is 9.59. The molecule has 1 aliphatic rings. The molecule has 0 bridgehead atoms. The van der Waals surface area contributed by atoms with Gasteiger partial charge in [-0.3, -0.25) is 14.5 Å². The van der Waals surface area contributed by atoms with Gasteiger partial charge in [-0.2, -0.15) is 0 Å². The Morgan fingerprint density at radius 1 is 1.18 bits per heavy atom. The number of thiophene rings is 1. The number of benzene rings is 2. The number of carbonyl (C=O) groups excluding carboxylic acids is 2. The molecule has 0 aliphatic carbocycles. The van der Waals surface area contributed by atoms with Crippen LogP contribution in [0.25, 0.3) is 0 Å². The van der Waals surface area contributed by atoms with E-state index in [-0.39, 0.29) is 35.6 Å². The number of nitrogens with zero attached hydrogens (tertiary/aromatic N) is 2. The van der Waals surface area contributed by atoms with E-state index in [4.69, 9.17) is 21.2 Å². The van der Waals surface area contributed by atoms with Crippen molar-refractivity contribution < 1.29 is 29.1 Å². The summed E-state index contributed by atoms with van der Waals surface area (Å²) >= 11 is 7.39. The van der Waals surface area contributed by atoms with Gasteiger partial charge in [-0.1, -0.05) is 41.9 Å². The van der Waals surface area contributed by atoms with Crippen LogP contribution in [0.3, 0.4) is 0 Å². The number of ether oxygens (including phenoxy) is 1. The van der Waals surface area contributed by atoms with Gasteiger partial charge in [0.05, 0.1) is 19.4 Å². The maximum absolute atomic E-state index is 13.9. The molecular formula is C30H31ClN2O6S. The molecule has 10 heteroatoms. The number of imide groups is 1. The first-order valence-corrected chi connectivity index (χ1v) is 14.3. The molecular weight excluding hydrogens is 552 g/mol. The minimum atomic E-state index is -1.00. The van der Waals surface area contributed by atoms with Crippen molar-refractivity contribution in [2.45, 2.75) is 44.9 Å². The predicted octanol–water partition coefficient (Wildman–Crippen LogP) is 6.43. The van der Waals surface area contributed by atoms with Crippen LogP contribution in [-0.4, -0.2) is 47.2 Å². The van der Waals surface area contributed by atoms with Gasteiger partial charge in [-0.05, 0) is 73.7 Å². The van der Waals surface area contributed by atoms with Crippen molar-refractivity contribution in [2.24, 2.45) is 11.1 Å². The summed E-state index contributed by atoms with van der Waals surface area (Å²) in [6.45, 7) is 1.96. The van der Waals surface area contributed by atoms with Gasteiger partial charge in [0.1, 0.15) is 10.6 Å². The van der Waals surface area contributed by atoms with Gasteiger partial charge in [-0.25, -0.2) is 4.79 Å². The fourth-order valence-corrected chi connectivity index (χ4v) is 5.95. The van der Waals surface area contributed by atoms with Crippen LogP contribution in [0, 0.1) is 5.92 Å². The SMILES string of the molecule is CC[C@@H](CC(=O)N1C/C(=N/Oc2ccccc2)CCC(Cc2cc(Cl)ccc2OC)C1=O)c1ccc(C(=O)O)s1. The summed E-state index contributed by atoms with van der Waals surface area (Å²) in [6, 6.07) is 17.7. The first-order valence-electron chi connectivity index (χ1n) is 13.1. The number of para-hydroxylation sites is 1. The van der Waals surface area contributed by atoms with E-state index in [1.54, 1.807) is 49.6 Å². The Kier molecular flexibility index (Phi) is 9.95. The number of likely N-dealkylation sites (tertiary alicyclic amines) is 1. The predicted molar refractivity (Wildman–Crippen MR) is 155 cm³/mol. The molecule has 1 aromatic heterocycles. The Hall–Kier alpha value is -3.69. The highest BCUT2D eigenvalue weighted by atomic mass is 35.5. The highest BCUT2D eigenvalue weighted by Crippen LogP contribution is 2.33. The molecule has 210 valence electrons. The highest BCUT2D eigenvalue weighted by molar-refractivity contribution is 7.14. The summed E-state index contributed by atoms with van der Waals surface area (Å²) in [6.07, 6.45) is 1.99. The normalized spacial score (nSPS) is 17.4. The molecule has 2 heterocycles. The number of carbonyl (C=O) groups is 3. The zero-order valence-electron chi connectivity index (χ0n) is 22.3. The van der Waals surface area contributed by atoms with Gasteiger partial charge >= 0.3 is 5.97 Å². The number of hydrogen-bond acceptors (Lipinski definition) is 7. The molecule has 3 aromatic rings. The molecule has 1 aliphatic heterocycles. The van der Waals surface area contributed by atoms with Crippen LogP contribution in [0.2, 0.25) is 5.02 Å². The Labute approximate surface area is 242 Å². The molecule has 0 spiro atoms. The standard InChI is InChI=1S/C30H31ClN2O6S/c1-3-19(26-13-14-27(40-26)30(36)37)17-28(34)33-18-23(32-39-24-7-5-4-6-8-24)11-9-20(29(33)35)15-21-16-22(31)10-12-25(21)38-2/h4-8,10,12-14,16,19-20H,3,9,11,15,17-18H2,1-2H3,(H,36,37)/b32-23+/t19-,20?/m0/s1. The van der Waals surface area contributed by atoms with E-state index < -0.39 is 11.9 Å². The highest BCUT2D eigenvalue weighted by Gasteiger charge is 2.35. The molecule has 2 aromatic carbocycles. The first-order chi connectivity index (χ1) is 19.3. The number of rotatable bonds is 10. The smallest absolute Gasteiger partial charge is 0.345 e. The van der Waals surface area contributed by atoms with Crippen LogP contribution in [-0.2, 0) is 16.0 Å². The number of halogens is 1. The number of carboxylic acid groups (broad SMARTS) is 1. The molecule has 8 nitrogen and oxygen atoms in total. The van der Waals surface area contributed by atoms with Crippen molar-refractivity contribution in [2.75, 3.05) is 13.7 Å². The molecule has 1 fully saturated rings. The topological polar surface area (TPSA) is 106 Å². The summed E-state index contributed by atoms with van der Waals surface area (Å²) in [7, 11) is 1.56. The lowest BCUT2D eigenvalue weighted by Gasteiger charge is -2.25. The van der Waals surface area contributed by atoms with E-state index in [1.807, 2.05) is 25.1 Å². The summed E-state index contributed by atoms with van der Waals surface area (Å²) < 4.78 is 5.49. The molecule has 1 unspecified atom stereocenters. The molecule has 2 amide bonds. The number of hydrogen-bond donors (Lipinski definition) is 1. The summed E-state index contributed by atoms with van der Waals surface area (Å²) in [4.78, 5) is 46.8. The average Bonchev–Trinajstić information content (AvgIpc) is 3.40. The number of amides is 2. The minimum Gasteiger partial charge on any atom is -0.496 e. The van der Waals surface area contributed by atoms with Crippen molar-refractivity contribution >= 4 is 46.4 Å². The third-order valence-electron chi connectivity index (χ3n) is 6.92. The fourth-order valence-electron chi connectivity index (χ4n) is 4.72. The monoisotopic (exact) mass is 582 g/mol. The second-order valence-corrected chi connectivity index (χ2v) is 11.1. The van der Waals surface area contributed by atoms with Crippen molar-refractivity contribution in [3.05, 3.63) is 81.0 Å². The van der Waals surface area contributed by atoms with Gasteiger partial charge in [-0.15, -0.1) is 11.3 Å². The molecule has 2 atom stereocenters. The van der Waals surface area contributed by atoms with Gasteiger partial charge in [0, 0.05) is 28.2 Å². The average molecular weight is 583 g/mol. The molecule has 1 saturated heterocycles. The van der Waals surface area contributed by atoms with E-state index in [0.717, 1.165) is 21.8 Å². The maximum Gasteiger partial charge on any atom is 0.345 e. The van der Waals surface area contributed by atoms with Crippen molar-refractivity contribution in [3.63, 3.8) is 0 Å².